The zero-order valence-corrected chi connectivity index (χ0v) is 12.4. The Morgan fingerprint density at radius 1 is 1.40 bits per heavy atom. The molecule has 20 heavy (non-hydrogen) atoms. The second-order valence-corrected chi connectivity index (χ2v) is 6.94. The number of hydrogen-bond acceptors (Lipinski definition) is 3. The van der Waals surface area contributed by atoms with E-state index in [0.717, 1.165) is 12.1 Å². The lowest BCUT2D eigenvalue weighted by atomic mass is 10.0. The largest absolute Gasteiger partial charge is 0.481 e. The molecule has 1 rings (SSSR count). The first-order valence-corrected chi connectivity index (χ1v) is 7.54. The highest BCUT2D eigenvalue weighted by molar-refractivity contribution is 7.89. The molecule has 0 fully saturated rings. The van der Waals surface area contributed by atoms with Gasteiger partial charge in [-0.05, 0) is 51.0 Å². The fraction of sp³-hybridized carbons (Fsp3) is 0.462. The molecular weight excluding hydrogens is 285 g/mol. The highest BCUT2D eigenvalue weighted by Crippen LogP contribution is 2.20. The smallest absolute Gasteiger partial charge is 0.303 e. The molecule has 0 saturated carbocycles. The quantitative estimate of drug-likeness (QED) is 0.842. The Labute approximate surface area is 117 Å². The molecule has 112 valence electrons. The van der Waals surface area contributed by atoms with Crippen LogP contribution in [0.1, 0.15) is 32.3 Å². The number of aliphatic carboxylic acids is 1. The molecule has 0 unspecified atom stereocenters. The van der Waals surface area contributed by atoms with Crippen molar-refractivity contribution in [2.45, 2.75) is 44.0 Å². The van der Waals surface area contributed by atoms with E-state index in [1.54, 1.807) is 13.8 Å². The first-order chi connectivity index (χ1) is 9.03. The first-order valence-electron chi connectivity index (χ1n) is 6.05. The predicted octanol–water partition coefficient (Wildman–Crippen LogP) is 2.06. The summed E-state index contributed by atoms with van der Waals surface area (Å²) in [5.74, 6) is -1.50. The lowest BCUT2D eigenvalue weighted by molar-refractivity contribution is -0.137. The molecule has 1 aromatic carbocycles. The van der Waals surface area contributed by atoms with Gasteiger partial charge in [0.25, 0.3) is 0 Å². The molecule has 0 aromatic heterocycles. The average Bonchev–Trinajstić information content (AvgIpc) is 2.24. The number of sulfonamides is 1. The van der Waals surface area contributed by atoms with Crippen molar-refractivity contribution in [3.63, 3.8) is 0 Å². The molecule has 1 aromatic rings. The minimum Gasteiger partial charge on any atom is -0.481 e. The fourth-order valence-corrected chi connectivity index (χ4v) is 3.47. The number of aryl methyl sites for hydroxylation is 1. The zero-order chi connectivity index (χ0) is 15.6. The summed E-state index contributed by atoms with van der Waals surface area (Å²) < 4.78 is 39.9. The lowest BCUT2D eigenvalue weighted by Crippen LogP contribution is -2.43. The Morgan fingerprint density at radius 3 is 2.50 bits per heavy atom. The van der Waals surface area contributed by atoms with Crippen LogP contribution in [-0.2, 0) is 14.8 Å². The third-order valence-corrected chi connectivity index (χ3v) is 4.66. The summed E-state index contributed by atoms with van der Waals surface area (Å²) in [6, 6.07) is 3.41. The van der Waals surface area contributed by atoms with Crippen LogP contribution in [0.15, 0.2) is 23.1 Å². The van der Waals surface area contributed by atoms with E-state index in [4.69, 9.17) is 5.11 Å². The van der Waals surface area contributed by atoms with Crippen molar-refractivity contribution in [3.8, 4) is 0 Å². The van der Waals surface area contributed by atoms with Crippen LogP contribution >= 0.6 is 0 Å². The maximum atomic E-state index is 13.0. The number of rotatable bonds is 6. The SMILES string of the molecule is Cc1cc(F)ccc1S(=O)(=O)NC(C)(C)CCC(=O)O. The van der Waals surface area contributed by atoms with Gasteiger partial charge in [0.1, 0.15) is 5.82 Å². The van der Waals surface area contributed by atoms with Crippen molar-refractivity contribution in [1.29, 1.82) is 0 Å². The molecule has 0 aliphatic rings. The van der Waals surface area contributed by atoms with Gasteiger partial charge in [0.2, 0.25) is 10.0 Å². The van der Waals surface area contributed by atoms with Crippen molar-refractivity contribution in [2.24, 2.45) is 0 Å². The number of hydrogen-bond donors (Lipinski definition) is 2. The molecule has 0 bridgehead atoms. The summed E-state index contributed by atoms with van der Waals surface area (Å²) in [6.45, 7) is 4.71. The number of nitrogens with one attached hydrogen (secondary N) is 1. The highest BCUT2D eigenvalue weighted by Gasteiger charge is 2.27. The predicted molar refractivity (Wildman–Crippen MR) is 72.4 cm³/mol. The number of carboxylic acid groups (broad SMARTS) is 1. The summed E-state index contributed by atoms with van der Waals surface area (Å²) in [6.07, 6.45) is 0.0136. The minimum atomic E-state index is -3.82. The summed E-state index contributed by atoms with van der Waals surface area (Å²) in [7, 11) is -3.82. The molecule has 5 nitrogen and oxygen atoms in total. The van der Waals surface area contributed by atoms with Crippen molar-refractivity contribution < 1.29 is 22.7 Å². The zero-order valence-electron chi connectivity index (χ0n) is 11.6. The minimum absolute atomic E-state index is 0.0118. The van der Waals surface area contributed by atoms with Gasteiger partial charge in [-0.1, -0.05) is 0 Å². The van der Waals surface area contributed by atoms with Crippen molar-refractivity contribution in [3.05, 3.63) is 29.6 Å². The molecule has 7 heteroatoms. The summed E-state index contributed by atoms with van der Waals surface area (Å²) in [5.41, 5.74) is -0.607. The van der Waals surface area contributed by atoms with Crippen LogP contribution in [0.3, 0.4) is 0 Å². The topological polar surface area (TPSA) is 83.5 Å². The van der Waals surface area contributed by atoms with Crippen molar-refractivity contribution in [1.82, 2.24) is 4.72 Å². The van der Waals surface area contributed by atoms with Crippen LogP contribution in [0, 0.1) is 12.7 Å². The maximum Gasteiger partial charge on any atom is 0.303 e. The fourth-order valence-electron chi connectivity index (χ4n) is 1.80. The summed E-state index contributed by atoms with van der Waals surface area (Å²) >= 11 is 0. The molecular formula is C13H18FNO4S. The first kappa shape index (κ1) is 16.6. The molecule has 2 N–H and O–H groups in total. The molecule has 0 atom stereocenters. The van der Waals surface area contributed by atoms with Crippen LogP contribution in [0.4, 0.5) is 4.39 Å². The van der Waals surface area contributed by atoms with Gasteiger partial charge >= 0.3 is 5.97 Å². The van der Waals surface area contributed by atoms with Gasteiger partial charge in [-0.25, -0.2) is 17.5 Å². The Bertz CT molecular complexity index is 611. The van der Waals surface area contributed by atoms with Gasteiger partial charge in [0.15, 0.2) is 0 Å². The van der Waals surface area contributed by atoms with Crippen molar-refractivity contribution in [2.75, 3.05) is 0 Å². The van der Waals surface area contributed by atoms with Crippen LogP contribution in [-0.4, -0.2) is 25.0 Å². The van der Waals surface area contributed by atoms with Crippen molar-refractivity contribution >= 4 is 16.0 Å². The number of benzene rings is 1. The van der Waals surface area contributed by atoms with E-state index < -0.39 is 27.3 Å². The molecule has 0 amide bonds. The van der Waals surface area contributed by atoms with Gasteiger partial charge in [-0.15, -0.1) is 0 Å². The van der Waals surface area contributed by atoms with E-state index in [1.807, 2.05) is 0 Å². The second-order valence-electron chi connectivity index (χ2n) is 5.29. The Kier molecular flexibility index (Phi) is 4.88. The lowest BCUT2D eigenvalue weighted by Gasteiger charge is -2.25. The highest BCUT2D eigenvalue weighted by atomic mass is 32.2. The third kappa shape index (κ3) is 4.57. The van der Waals surface area contributed by atoms with Gasteiger partial charge in [-0.3, -0.25) is 4.79 Å². The van der Waals surface area contributed by atoms with Gasteiger partial charge < -0.3 is 5.11 Å². The molecule has 0 aliphatic carbocycles. The van der Waals surface area contributed by atoms with E-state index in [0.29, 0.717) is 5.56 Å². The van der Waals surface area contributed by atoms with Gasteiger partial charge in [0.05, 0.1) is 4.90 Å². The molecule has 0 aliphatic heterocycles. The second kappa shape index (κ2) is 5.88. The van der Waals surface area contributed by atoms with Crippen LogP contribution in [0.25, 0.3) is 0 Å². The standard InChI is InChI=1S/C13H18FNO4S/c1-9-8-10(14)4-5-11(9)20(18,19)15-13(2,3)7-6-12(16)17/h4-5,8,15H,6-7H2,1-3H3,(H,16,17). The maximum absolute atomic E-state index is 13.0. The molecule has 0 spiro atoms. The summed E-state index contributed by atoms with van der Waals surface area (Å²) in [5, 5.41) is 8.65. The number of carboxylic acids is 1. The molecule has 0 saturated heterocycles. The molecule has 0 heterocycles. The van der Waals surface area contributed by atoms with Gasteiger partial charge in [0, 0.05) is 12.0 Å². The van der Waals surface area contributed by atoms with E-state index >= 15 is 0 Å². The molecule has 0 radical (unpaired) electrons. The normalized spacial score (nSPS) is 12.4. The monoisotopic (exact) mass is 303 g/mol. The van der Waals surface area contributed by atoms with E-state index in [1.165, 1.54) is 13.0 Å². The van der Waals surface area contributed by atoms with E-state index in [-0.39, 0.29) is 17.7 Å². The Balaban J connectivity index is 2.97. The van der Waals surface area contributed by atoms with Gasteiger partial charge in [-0.2, -0.15) is 0 Å². The van der Waals surface area contributed by atoms with E-state index in [9.17, 15) is 17.6 Å². The third-order valence-electron chi connectivity index (χ3n) is 2.80. The van der Waals surface area contributed by atoms with Crippen LogP contribution < -0.4 is 4.72 Å². The summed E-state index contributed by atoms with van der Waals surface area (Å²) in [4.78, 5) is 10.5. The van der Waals surface area contributed by atoms with Crippen LogP contribution in [0.5, 0.6) is 0 Å². The number of halogens is 1. The Hall–Kier alpha value is -1.47. The average molecular weight is 303 g/mol. The van der Waals surface area contributed by atoms with Crippen LogP contribution in [0.2, 0.25) is 0 Å². The van der Waals surface area contributed by atoms with E-state index in [2.05, 4.69) is 4.72 Å². The number of carbonyl (C=O) groups is 1. The Morgan fingerprint density at radius 2 is 2.00 bits per heavy atom.